The van der Waals surface area contributed by atoms with Crippen LogP contribution in [0.15, 0.2) is 28.7 Å². The average molecular weight is 328 g/mol. The van der Waals surface area contributed by atoms with Gasteiger partial charge in [-0.15, -0.1) is 0 Å². The molecule has 1 amide bonds. The van der Waals surface area contributed by atoms with Gasteiger partial charge in [0, 0.05) is 11.0 Å². The SMILES string of the molecule is CC(Oc1ccc(Br)cc1)C(=O)N1CCCC1CO. The van der Waals surface area contributed by atoms with E-state index < -0.39 is 6.10 Å². The molecule has 2 atom stereocenters. The topological polar surface area (TPSA) is 49.8 Å². The van der Waals surface area contributed by atoms with Crippen LogP contribution < -0.4 is 4.74 Å². The standard InChI is InChI=1S/C14H18BrNO3/c1-10(19-13-6-4-11(15)5-7-13)14(18)16-8-2-3-12(16)9-17/h4-7,10,12,17H,2-3,8-9H2,1H3. The van der Waals surface area contributed by atoms with Crippen LogP contribution in [0, 0.1) is 0 Å². The fourth-order valence-electron chi connectivity index (χ4n) is 2.32. The quantitative estimate of drug-likeness (QED) is 0.922. The van der Waals surface area contributed by atoms with E-state index in [-0.39, 0.29) is 18.6 Å². The minimum absolute atomic E-state index is 0.0245. The molecular weight excluding hydrogens is 310 g/mol. The zero-order valence-electron chi connectivity index (χ0n) is 10.9. The molecule has 19 heavy (non-hydrogen) atoms. The highest BCUT2D eigenvalue weighted by molar-refractivity contribution is 9.10. The van der Waals surface area contributed by atoms with E-state index >= 15 is 0 Å². The summed E-state index contributed by atoms with van der Waals surface area (Å²) in [7, 11) is 0. The normalized spacial score (nSPS) is 20.4. The minimum Gasteiger partial charge on any atom is -0.481 e. The van der Waals surface area contributed by atoms with Crippen molar-refractivity contribution in [3.63, 3.8) is 0 Å². The van der Waals surface area contributed by atoms with Crippen LogP contribution in [0.25, 0.3) is 0 Å². The first-order chi connectivity index (χ1) is 9.11. The number of aliphatic hydroxyl groups is 1. The van der Waals surface area contributed by atoms with Crippen molar-refractivity contribution in [3.8, 4) is 5.75 Å². The van der Waals surface area contributed by atoms with Gasteiger partial charge in [-0.05, 0) is 44.0 Å². The third-order valence-corrected chi connectivity index (χ3v) is 3.87. The number of carbonyl (C=O) groups excluding carboxylic acids is 1. The predicted molar refractivity (Wildman–Crippen MR) is 76.1 cm³/mol. The Bertz CT molecular complexity index is 435. The number of ether oxygens (including phenoxy) is 1. The van der Waals surface area contributed by atoms with E-state index in [1.807, 2.05) is 24.3 Å². The van der Waals surface area contributed by atoms with Gasteiger partial charge in [0.15, 0.2) is 6.10 Å². The van der Waals surface area contributed by atoms with Crippen molar-refractivity contribution in [3.05, 3.63) is 28.7 Å². The van der Waals surface area contributed by atoms with Crippen molar-refractivity contribution < 1.29 is 14.6 Å². The number of halogens is 1. The Balaban J connectivity index is 1.97. The summed E-state index contributed by atoms with van der Waals surface area (Å²) in [6, 6.07) is 7.34. The van der Waals surface area contributed by atoms with Crippen molar-refractivity contribution in [1.82, 2.24) is 4.90 Å². The number of aliphatic hydroxyl groups excluding tert-OH is 1. The Morgan fingerprint density at radius 2 is 2.21 bits per heavy atom. The summed E-state index contributed by atoms with van der Waals surface area (Å²) >= 11 is 3.35. The number of benzene rings is 1. The van der Waals surface area contributed by atoms with Crippen molar-refractivity contribution in [1.29, 1.82) is 0 Å². The zero-order valence-corrected chi connectivity index (χ0v) is 12.5. The summed E-state index contributed by atoms with van der Waals surface area (Å²) in [5.74, 6) is 0.614. The van der Waals surface area contributed by atoms with Gasteiger partial charge in [0.05, 0.1) is 12.6 Å². The molecular formula is C14H18BrNO3. The summed E-state index contributed by atoms with van der Waals surface area (Å²) in [6.45, 7) is 2.48. The van der Waals surface area contributed by atoms with Gasteiger partial charge >= 0.3 is 0 Å². The van der Waals surface area contributed by atoms with Gasteiger partial charge in [0.2, 0.25) is 0 Å². The lowest BCUT2D eigenvalue weighted by Gasteiger charge is -2.26. The van der Waals surface area contributed by atoms with Crippen LogP contribution in [0.1, 0.15) is 19.8 Å². The van der Waals surface area contributed by atoms with Gasteiger partial charge in [0.1, 0.15) is 5.75 Å². The smallest absolute Gasteiger partial charge is 0.263 e. The molecule has 2 rings (SSSR count). The van der Waals surface area contributed by atoms with Gasteiger partial charge in [-0.1, -0.05) is 15.9 Å². The fourth-order valence-corrected chi connectivity index (χ4v) is 2.58. The molecule has 1 aliphatic rings. The number of hydrogen-bond acceptors (Lipinski definition) is 3. The summed E-state index contributed by atoms with van der Waals surface area (Å²) in [6.07, 6.45) is 1.28. The molecule has 1 fully saturated rings. The van der Waals surface area contributed by atoms with Crippen LogP contribution in [-0.2, 0) is 4.79 Å². The molecule has 5 heteroatoms. The average Bonchev–Trinajstić information content (AvgIpc) is 2.88. The molecule has 1 N–H and O–H groups in total. The monoisotopic (exact) mass is 327 g/mol. The van der Waals surface area contributed by atoms with E-state index in [4.69, 9.17) is 4.74 Å². The molecule has 104 valence electrons. The molecule has 1 heterocycles. The predicted octanol–water partition coefficient (Wildman–Crippen LogP) is 2.20. The van der Waals surface area contributed by atoms with E-state index in [1.165, 1.54) is 0 Å². The van der Waals surface area contributed by atoms with Crippen molar-refractivity contribution in [2.45, 2.75) is 31.9 Å². The van der Waals surface area contributed by atoms with Crippen molar-refractivity contribution in [2.24, 2.45) is 0 Å². The number of likely N-dealkylation sites (tertiary alicyclic amines) is 1. The van der Waals surface area contributed by atoms with Crippen LogP contribution in [0.4, 0.5) is 0 Å². The fraction of sp³-hybridized carbons (Fsp3) is 0.500. The van der Waals surface area contributed by atoms with Crippen LogP contribution in [-0.4, -0.2) is 41.2 Å². The molecule has 0 bridgehead atoms. The highest BCUT2D eigenvalue weighted by atomic mass is 79.9. The van der Waals surface area contributed by atoms with Crippen LogP contribution in [0.3, 0.4) is 0 Å². The van der Waals surface area contributed by atoms with E-state index in [9.17, 15) is 9.90 Å². The highest BCUT2D eigenvalue weighted by Gasteiger charge is 2.31. The molecule has 0 spiro atoms. The minimum atomic E-state index is -0.534. The number of amides is 1. The zero-order chi connectivity index (χ0) is 13.8. The highest BCUT2D eigenvalue weighted by Crippen LogP contribution is 2.21. The first kappa shape index (κ1) is 14.3. The maximum absolute atomic E-state index is 12.3. The summed E-state index contributed by atoms with van der Waals surface area (Å²) in [5.41, 5.74) is 0. The Labute approximate surface area is 121 Å². The van der Waals surface area contributed by atoms with Gasteiger partial charge in [0.25, 0.3) is 5.91 Å². The summed E-state index contributed by atoms with van der Waals surface area (Å²) < 4.78 is 6.61. The Hall–Kier alpha value is -1.07. The van der Waals surface area contributed by atoms with E-state index in [1.54, 1.807) is 11.8 Å². The first-order valence-corrected chi connectivity index (χ1v) is 7.24. The van der Waals surface area contributed by atoms with Gasteiger partial charge in [-0.3, -0.25) is 4.79 Å². The summed E-state index contributed by atoms with van der Waals surface area (Å²) in [5, 5.41) is 9.25. The molecule has 0 aliphatic carbocycles. The molecule has 2 unspecified atom stereocenters. The number of carbonyl (C=O) groups is 1. The third kappa shape index (κ3) is 3.48. The number of nitrogens with zero attached hydrogens (tertiary/aromatic N) is 1. The lowest BCUT2D eigenvalue weighted by molar-refractivity contribution is -0.139. The molecule has 0 saturated carbocycles. The van der Waals surface area contributed by atoms with E-state index in [0.717, 1.165) is 17.3 Å². The van der Waals surface area contributed by atoms with Crippen LogP contribution >= 0.6 is 15.9 Å². The Kier molecular flexibility index (Phi) is 4.82. The first-order valence-electron chi connectivity index (χ1n) is 6.45. The Morgan fingerprint density at radius 1 is 1.53 bits per heavy atom. The van der Waals surface area contributed by atoms with Crippen molar-refractivity contribution >= 4 is 21.8 Å². The lowest BCUT2D eigenvalue weighted by Crippen LogP contribution is -2.44. The molecule has 1 aromatic carbocycles. The second-order valence-corrected chi connectivity index (χ2v) is 5.64. The maximum Gasteiger partial charge on any atom is 0.263 e. The molecule has 1 saturated heterocycles. The van der Waals surface area contributed by atoms with Crippen LogP contribution in [0.2, 0.25) is 0 Å². The number of rotatable bonds is 4. The second kappa shape index (κ2) is 6.39. The largest absolute Gasteiger partial charge is 0.481 e. The summed E-state index contributed by atoms with van der Waals surface area (Å²) in [4.78, 5) is 14.0. The maximum atomic E-state index is 12.3. The molecule has 1 aliphatic heterocycles. The van der Waals surface area contributed by atoms with Gasteiger partial charge in [-0.2, -0.15) is 0 Å². The van der Waals surface area contributed by atoms with Gasteiger partial charge in [-0.25, -0.2) is 0 Å². The second-order valence-electron chi connectivity index (χ2n) is 4.72. The Morgan fingerprint density at radius 3 is 2.84 bits per heavy atom. The molecule has 0 aromatic heterocycles. The van der Waals surface area contributed by atoms with Crippen LogP contribution in [0.5, 0.6) is 5.75 Å². The third-order valence-electron chi connectivity index (χ3n) is 3.35. The van der Waals surface area contributed by atoms with E-state index in [2.05, 4.69) is 15.9 Å². The molecule has 1 aromatic rings. The van der Waals surface area contributed by atoms with E-state index in [0.29, 0.717) is 12.3 Å². The number of hydrogen-bond donors (Lipinski definition) is 1. The van der Waals surface area contributed by atoms with Crippen molar-refractivity contribution in [2.75, 3.05) is 13.2 Å². The molecule has 0 radical (unpaired) electrons. The lowest BCUT2D eigenvalue weighted by atomic mass is 10.2. The molecule has 4 nitrogen and oxygen atoms in total. The van der Waals surface area contributed by atoms with Gasteiger partial charge < -0.3 is 14.7 Å².